The number of fused-ring (bicyclic) bond motifs is 1. The Morgan fingerprint density at radius 3 is 2.71 bits per heavy atom. The highest BCUT2D eigenvalue weighted by molar-refractivity contribution is 5.43. The Labute approximate surface area is 124 Å². The minimum absolute atomic E-state index is 0.0475. The highest BCUT2D eigenvalue weighted by atomic mass is 16.1. The fourth-order valence-electron chi connectivity index (χ4n) is 2.80. The van der Waals surface area contributed by atoms with Crippen molar-refractivity contribution in [2.24, 2.45) is 0 Å². The molecule has 0 bridgehead atoms. The molecule has 0 radical (unpaired) electrons. The standard InChI is InChI=1S/C16H20N4O/c1-3-19-10-9-13-14(11-19)18-16(17-2)20(15(13)21)12-7-5-4-6-8-12/h4-8H,3,9-11H2,1-2H3,(H,17,18). The van der Waals surface area contributed by atoms with E-state index in [1.54, 1.807) is 11.6 Å². The lowest BCUT2D eigenvalue weighted by Crippen LogP contribution is -2.37. The highest BCUT2D eigenvalue weighted by Crippen LogP contribution is 2.18. The van der Waals surface area contributed by atoms with E-state index in [2.05, 4.69) is 22.1 Å². The molecule has 0 saturated carbocycles. The molecular formula is C16H20N4O. The molecule has 3 rings (SSSR count). The van der Waals surface area contributed by atoms with Gasteiger partial charge in [0.15, 0.2) is 0 Å². The monoisotopic (exact) mass is 284 g/mol. The van der Waals surface area contributed by atoms with Crippen molar-refractivity contribution in [3.8, 4) is 5.69 Å². The Bertz CT molecular complexity index is 693. The molecule has 1 aromatic heterocycles. The summed E-state index contributed by atoms with van der Waals surface area (Å²) >= 11 is 0. The zero-order valence-corrected chi connectivity index (χ0v) is 12.5. The van der Waals surface area contributed by atoms with Crippen molar-refractivity contribution in [1.82, 2.24) is 14.5 Å². The van der Waals surface area contributed by atoms with Crippen molar-refractivity contribution in [3.05, 3.63) is 51.9 Å². The molecule has 5 nitrogen and oxygen atoms in total. The largest absolute Gasteiger partial charge is 0.358 e. The van der Waals surface area contributed by atoms with Crippen molar-refractivity contribution in [2.45, 2.75) is 19.9 Å². The number of hydrogen-bond acceptors (Lipinski definition) is 4. The Kier molecular flexibility index (Phi) is 3.75. The van der Waals surface area contributed by atoms with E-state index in [0.29, 0.717) is 5.95 Å². The van der Waals surface area contributed by atoms with Crippen LogP contribution in [0.15, 0.2) is 35.1 Å². The molecule has 110 valence electrons. The minimum Gasteiger partial charge on any atom is -0.358 e. The van der Waals surface area contributed by atoms with Crippen LogP contribution in [-0.2, 0) is 13.0 Å². The normalized spacial score (nSPS) is 14.8. The second-order valence-electron chi connectivity index (χ2n) is 5.21. The van der Waals surface area contributed by atoms with Gasteiger partial charge in [-0.2, -0.15) is 0 Å². The number of benzene rings is 1. The molecular weight excluding hydrogens is 264 g/mol. The molecule has 0 unspecified atom stereocenters. The molecule has 0 spiro atoms. The number of nitrogens with zero attached hydrogens (tertiary/aromatic N) is 3. The van der Waals surface area contributed by atoms with E-state index in [-0.39, 0.29) is 5.56 Å². The van der Waals surface area contributed by atoms with Gasteiger partial charge in [-0.15, -0.1) is 0 Å². The quantitative estimate of drug-likeness (QED) is 0.931. The molecule has 1 aromatic carbocycles. The van der Waals surface area contributed by atoms with Gasteiger partial charge in [-0.05, 0) is 25.1 Å². The van der Waals surface area contributed by atoms with E-state index >= 15 is 0 Å². The van der Waals surface area contributed by atoms with Gasteiger partial charge in [0.1, 0.15) is 0 Å². The van der Waals surface area contributed by atoms with Gasteiger partial charge in [-0.1, -0.05) is 25.1 Å². The highest BCUT2D eigenvalue weighted by Gasteiger charge is 2.22. The Balaban J connectivity index is 2.17. The van der Waals surface area contributed by atoms with Crippen molar-refractivity contribution in [3.63, 3.8) is 0 Å². The number of anilines is 1. The van der Waals surface area contributed by atoms with Crippen LogP contribution in [0.25, 0.3) is 5.69 Å². The van der Waals surface area contributed by atoms with Gasteiger partial charge >= 0.3 is 0 Å². The lowest BCUT2D eigenvalue weighted by molar-refractivity contribution is 0.262. The average Bonchev–Trinajstić information content (AvgIpc) is 2.54. The van der Waals surface area contributed by atoms with Crippen LogP contribution in [0.1, 0.15) is 18.2 Å². The van der Waals surface area contributed by atoms with Crippen molar-refractivity contribution >= 4 is 5.95 Å². The molecule has 2 heterocycles. The molecule has 21 heavy (non-hydrogen) atoms. The summed E-state index contributed by atoms with van der Waals surface area (Å²) in [4.78, 5) is 19.8. The van der Waals surface area contributed by atoms with Gasteiger partial charge in [0.2, 0.25) is 5.95 Å². The third kappa shape index (κ3) is 2.45. The van der Waals surface area contributed by atoms with Crippen LogP contribution in [0.3, 0.4) is 0 Å². The predicted molar refractivity (Wildman–Crippen MR) is 84.0 cm³/mol. The summed E-state index contributed by atoms with van der Waals surface area (Å²) in [6.45, 7) is 4.80. The Hall–Kier alpha value is -2.14. The molecule has 1 aliphatic heterocycles. The summed E-state index contributed by atoms with van der Waals surface area (Å²) < 4.78 is 1.67. The van der Waals surface area contributed by atoms with Crippen LogP contribution in [0.4, 0.5) is 5.95 Å². The van der Waals surface area contributed by atoms with Gasteiger partial charge in [0, 0.05) is 25.7 Å². The topological polar surface area (TPSA) is 50.2 Å². The van der Waals surface area contributed by atoms with E-state index in [0.717, 1.165) is 43.0 Å². The second-order valence-corrected chi connectivity index (χ2v) is 5.21. The summed E-state index contributed by atoms with van der Waals surface area (Å²) in [5.74, 6) is 0.600. The molecule has 0 fully saturated rings. The lowest BCUT2D eigenvalue weighted by atomic mass is 10.1. The Morgan fingerprint density at radius 2 is 2.05 bits per heavy atom. The number of hydrogen-bond donors (Lipinski definition) is 1. The van der Waals surface area contributed by atoms with Gasteiger partial charge in [0.05, 0.1) is 11.4 Å². The number of nitrogens with one attached hydrogen (secondary N) is 1. The molecule has 5 heteroatoms. The molecule has 1 aliphatic rings. The third-order valence-electron chi connectivity index (χ3n) is 4.00. The van der Waals surface area contributed by atoms with Gasteiger partial charge in [0.25, 0.3) is 5.56 Å². The summed E-state index contributed by atoms with van der Waals surface area (Å²) in [5, 5.41) is 3.05. The molecule has 1 N–H and O–H groups in total. The van der Waals surface area contributed by atoms with Crippen LogP contribution in [-0.4, -0.2) is 34.6 Å². The first-order valence-electron chi connectivity index (χ1n) is 7.35. The maximum atomic E-state index is 12.9. The number of rotatable bonds is 3. The zero-order valence-electron chi connectivity index (χ0n) is 12.5. The van der Waals surface area contributed by atoms with Gasteiger partial charge in [-0.25, -0.2) is 9.55 Å². The van der Waals surface area contributed by atoms with E-state index < -0.39 is 0 Å². The molecule has 0 atom stereocenters. The third-order valence-corrected chi connectivity index (χ3v) is 4.00. The van der Waals surface area contributed by atoms with E-state index in [1.807, 2.05) is 30.3 Å². The van der Waals surface area contributed by atoms with Gasteiger partial charge < -0.3 is 5.32 Å². The van der Waals surface area contributed by atoms with Crippen LogP contribution in [0.2, 0.25) is 0 Å². The minimum atomic E-state index is 0.0475. The maximum Gasteiger partial charge on any atom is 0.263 e. The number of para-hydroxylation sites is 1. The number of likely N-dealkylation sites (N-methyl/N-ethyl adjacent to an activating group) is 1. The second kappa shape index (κ2) is 5.69. The lowest BCUT2D eigenvalue weighted by Gasteiger charge is -2.27. The van der Waals surface area contributed by atoms with Crippen molar-refractivity contribution in [1.29, 1.82) is 0 Å². The fourth-order valence-corrected chi connectivity index (χ4v) is 2.80. The molecule has 0 amide bonds. The zero-order chi connectivity index (χ0) is 14.8. The summed E-state index contributed by atoms with van der Waals surface area (Å²) in [5.41, 5.74) is 2.65. The molecule has 0 saturated heterocycles. The number of aromatic nitrogens is 2. The SMILES string of the molecule is CCN1CCc2c(nc(NC)n(-c3ccccc3)c2=O)C1. The maximum absolute atomic E-state index is 12.9. The first-order chi connectivity index (χ1) is 10.2. The van der Waals surface area contributed by atoms with E-state index in [4.69, 9.17) is 0 Å². The summed E-state index contributed by atoms with van der Waals surface area (Å²) in [6, 6.07) is 9.66. The van der Waals surface area contributed by atoms with Crippen molar-refractivity contribution < 1.29 is 0 Å². The fraction of sp³-hybridized carbons (Fsp3) is 0.375. The van der Waals surface area contributed by atoms with Gasteiger partial charge in [-0.3, -0.25) is 9.69 Å². The first kappa shape index (κ1) is 13.8. The Morgan fingerprint density at radius 1 is 1.29 bits per heavy atom. The summed E-state index contributed by atoms with van der Waals surface area (Å²) in [7, 11) is 1.80. The molecule has 2 aromatic rings. The molecule has 0 aliphatic carbocycles. The summed E-state index contributed by atoms with van der Waals surface area (Å²) in [6.07, 6.45) is 0.770. The van der Waals surface area contributed by atoms with Crippen molar-refractivity contribution in [2.75, 3.05) is 25.5 Å². The first-order valence-corrected chi connectivity index (χ1v) is 7.35. The van der Waals surface area contributed by atoms with Crippen LogP contribution in [0.5, 0.6) is 0 Å². The van der Waals surface area contributed by atoms with Crippen LogP contribution >= 0.6 is 0 Å². The van der Waals surface area contributed by atoms with Crippen LogP contribution < -0.4 is 10.9 Å². The van der Waals surface area contributed by atoms with E-state index in [1.165, 1.54) is 0 Å². The van der Waals surface area contributed by atoms with E-state index in [9.17, 15) is 4.79 Å². The smallest absolute Gasteiger partial charge is 0.263 e. The predicted octanol–water partition coefficient (Wildman–Crippen LogP) is 1.65. The average molecular weight is 284 g/mol. The van der Waals surface area contributed by atoms with Crippen LogP contribution in [0, 0.1) is 0 Å².